The fraction of sp³-hybridized carbons (Fsp3) is 0.400. The number of aromatic nitrogens is 4. The topological polar surface area (TPSA) is 273 Å². The van der Waals surface area contributed by atoms with Crippen LogP contribution >= 0.6 is 0 Å². The number of aromatic carboxylic acids is 4. The molecule has 0 fully saturated rings. The number of nitrogens with two attached hydrogens (primary N) is 2. The Bertz CT molecular complexity index is 1550. The van der Waals surface area contributed by atoms with Gasteiger partial charge in [0.2, 0.25) is 0 Å². The summed E-state index contributed by atoms with van der Waals surface area (Å²) in [7, 11) is 0. The molecule has 0 aliphatic rings. The van der Waals surface area contributed by atoms with E-state index in [1.807, 2.05) is 0 Å². The number of unbranched alkanes of at least 4 members (excludes halogenated alkanes) is 4. The zero-order valence-corrected chi connectivity index (χ0v) is 48.8. The van der Waals surface area contributed by atoms with Gasteiger partial charge in [-0.2, -0.15) is 0 Å². The fourth-order valence-corrected chi connectivity index (χ4v) is 5.45. The van der Waals surface area contributed by atoms with E-state index in [2.05, 4.69) is 47.6 Å². The second kappa shape index (κ2) is 35.7. The Morgan fingerprint density at radius 2 is 0.724 bits per heavy atom. The molecule has 0 amide bonds. The third kappa shape index (κ3) is 23.3. The smallest absolute Gasteiger partial charge is 0.693 e. The first-order valence-corrected chi connectivity index (χ1v) is 18.0. The van der Waals surface area contributed by atoms with Gasteiger partial charge >= 0.3 is 150 Å². The van der Waals surface area contributed by atoms with Crippen molar-refractivity contribution in [3.63, 3.8) is 0 Å². The monoisotopic (exact) mass is 1130 g/mol. The molecule has 0 aliphatic carbocycles. The normalized spacial score (nSPS) is 9.72. The maximum Gasteiger partial charge on any atom is 1.00 e. The molecule has 6 N–H and O–H groups in total. The number of nitrogens with zero attached hydrogens (tertiary/aromatic N) is 5. The Balaban J connectivity index is -0.000000362. The molecular weight excluding hydrogens is 1070 g/mol. The number of rotatable bonds is 18. The molecule has 4 aromatic rings. The van der Waals surface area contributed by atoms with Gasteiger partial charge < -0.3 is 46.8 Å². The van der Waals surface area contributed by atoms with Crippen LogP contribution in [0.3, 0.4) is 0 Å². The van der Waals surface area contributed by atoms with E-state index in [1.54, 1.807) is 0 Å². The van der Waals surface area contributed by atoms with Crippen molar-refractivity contribution in [1.29, 1.82) is 0 Å². The van der Waals surface area contributed by atoms with Crippen LogP contribution < -0.4 is 148 Å². The molecule has 308 valence electrons. The Labute approximate surface area is 472 Å². The van der Waals surface area contributed by atoms with Crippen molar-refractivity contribution >= 4 is 23.9 Å². The van der Waals surface area contributed by atoms with Crippen LogP contribution in [0.5, 0.6) is 0 Å². The maximum absolute atomic E-state index is 10.8. The van der Waals surface area contributed by atoms with E-state index >= 15 is 0 Å². The molecule has 0 aliphatic heterocycles. The fourth-order valence-electron chi connectivity index (χ4n) is 5.45. The molecule has 4 aromatic heterocycles. The number of hydrogen-bond donors (Lipinski definition) is 2. The van der Waals surface area contributed by atoms with Gasteiger partial charge in [0, 0.05) is 55.4 Å². The van der Waals surface area contributed by atoms with Crippen LogP contribution in [-0.4, -0.2) is 84.7 Å². The number of pyridine rings is 4. The van der Waals surface area contributed by atoms with Crippen LogP contribution in [0.1, 0.15) is 120 Å². The van der Waals surface area contributed by atoms with E-state index < -0.39 is 23.9 Å². The summed E-state index contributed by atoms with van der Waals surface area (Å²) in [5.41, 5.74) is 1.17. The minimum Gasteiger partial charge on any atom is -0.693 e. The van der Waals surface area contributed by atoms with Crippen LogP contribution in [0.25, 0.3) is 35.1 Å². The summed E-state index contributed by atoms with van der Waals surface area (Å²) in [6, 6.07) is 10.5. The second-order valence-electron chi connectivity index (χ2n) is 12.6. The Morgan fingerprint density at radius 1 is 0.500 bits per heavy atom. The zero-order chi connectivity index (χ0) is 39.2. The van der Waals surface area contributed by atoms with Gasteiger partial charge in [-0.1, -0.05) is 53.4 Å². The number of quaternary nitrogens is 1. The molecular formula is C40H54Cs2N7O8Ru-. The first-order chi connectivity index (χ1) is 25.4. The zero-order valence-electron chi connectivity index (χ0n) is 34.5. The third-order valence-corrected chi connectivity index (χ3v) is 8.47. The van der Waals surface area contributed by atoms with Crippen molar-refractivity contribution in [3.8, 4) is 22.8 Å². The molecule has 0 atom stereocenters. The van der Waals surface area contributed by atoms with E-state index in [0.29, 0.717) is 0 Å². The molecule has 0 saturated heterocycles. The van der Waals surface area contributed by atoms with Crippen LogP contribution in [0.4, 0.5) is 0 Å². The summed E-state index contributed by atoms with van der Waals surface area (Å²) in [4.78, 5) is 58.8. The van der Waals surface area contributed by atoms with Gasteiger partial charge in [0.15, 0.2) is 0 Å². The van der Waals surface area contributed by atoms with E-state index in [0.717, 1.165) is 0 Å². The summed E-state index contributed by atoms with van der Waals surface area (Å²) < 4.78 is 1.42. The average molecular weight is 1130 g/mol. The molecule has 0 spiro atoms. The number of carbonyl (C=O) groups is 4. The Morgan fingerprint density at radius 3 is 0.931 bits per heavy atom. The minimum absolute atomic E-state index is 0. The van der Waals surface area contributed by atoms with Crippen LogP contribution in [-0.2, 0) is 19.5 Å². The van der Waals surface area contributed by atoms with Gasteiger partial charge in [0.25, 0.3) is 0 Å². The molecule has 0 unspecified atom stereocenters. The predicted molar refractivity (Wildman–Crippen MR) is 207 cm³/mol. The molecule has 58 heavy (non-hydrogen) atoms. The van der Waals surface area contributed by atoms with Crippen molar-refractivity contribution in [2.75, 3.05) is 26.2 Å². The predicted octanol–water partition coefficient (Wildman–Crippen LogP) is 0.854. The Kier molecular flexibility index (Phi) is 39.2. The van der Waals surface area contributed by atoms with E-state index in [1.165, 1.54) is 155 Å². The summed E-state index contributed by atoms with van der Waals surface area (Å²) in [5, 5.41) is 39.1. The van der Waals surface area contributed by atoms with Crippen molar-refractivity contribution in [3.05, 3.63) is 108 Å². The van der Waals surface area contributed by atoms with Gasteiger partial charge in [-0.15, -0.1) is 0 Å². The van der Waals surface area contributed by atoms with Crippen molar-refractivity contribution in [2.45, 2.75) is 79.1 Å². The Hall–Kier alpha value is -0.913. The number of carbonyl (C=O) groups excluding carboxylic acids is 2. The first-order valence-electron chi connectivity index (χ1n) is 18.0. The van der Waals surface area contributed by atoms with Gasteiger partial charge in [-0.3, -0.25) is 19.9 Å². The first kappa shape index (κ1) is 63.7. The summed E-state index contributed by atoms with van der Waals surface area (Å²) in [6.45, 7) is 15.0. The van der Waals surface area contributed by atoms with Gasteiger partial charge in [-0.05, 0) is 74.2 Å². The largest absolute Gasteiger partial charge is 1.00 e. The van der Waals surface area contributed by atoms with Crippen LogP contribution in [0, 0.1) is 0 Å². The van der Waals surface area contributed by atoms with Crippen molar-refractivity contribution in [1.82, 2.24) is 19.9 Å². The molecule has 0 aromatic carbocycles. The molecule has 0 bridgehead atoms. The number of carboxylic acid groups (broad SMARTS) is 4. The summed E-state index contributed by atoms with van der Waals surface area (Å²) >= 11 is 0. The minimum atomic E-state index is -1.33. The summed E-state index contributed by atoms with van der Waals surface area (Å²) in [5.74, 6) is -4.83. The average Bonchev–Trinajstić information content (AvgIpc) is 3.18. The molecule has 4 heterocycles. The second-order valence-corrected chi connectivity index (χ2v) is 12.6. The van der Waals surface area contributed by atoms with Crippen LogP contribution in [0.15, 0.2) is 73.3 Å². The van der Waals surface area contributed by atoms with Crippen molar-refractivity contribution in [2.24, 2.45) is 0 Å². The molecule has 4 rings (SSSR count). The third-order valence-electron chi connectivity index (χ3n) is 8.47. The standard InChI is InChI=1S/C16H36N.2C12H8N2O4.2Cs.2H2N.Ru/c1-5-9-13-17(14-10-6-2,15-11-7-3)16-12-8-4;2*15-11(16)7-1-3-13-9(5-7)10-6-8(12(17)18)2-4-14-10;;;;;/h5-16H2,1-4H3;2*1-6H,(H,15,16)(H,17,18);;;2*1H2;/q+1;;;2*+1;2*-1;/p-2. The SMILES string of the molecule is CCCC[N+](CCCC)(CCCC)CCCC.O=C([O-])c1ccnc(-c2cc(C(=O)O)ccn2)c1.O=C([O-])c1ccnc(-c2cc(C(=O)O)ccn2)c1.[Cs+].[Cs+].[NH2-].[NH2-].[Ru]. The molecule has 0 radical (unpaired) electrons. The van der Waals surface area contributed by atoms with Crippen molar-refractivity contribution < 1.29 is 201 Å². The quantitative estimate of drug-likeness (QED) is 0.104. The van der Waals surface area contributed by atoms with E-state index in [9.17, 15) is 29.4 Å². The summed E-state index contributed by atoms with van der Waals surface area (Å²) in [6.07, 6.45) is 16.3. The number of carboxylic acids is 4. The van der Waals surface area contributed by atoms with E-state index in [4.69, 9.17) is 10.2 Å². The van der Waals surface area contributed by atoms with Gasteiger partial charge in [-0.25, -0.2) is 9.59 Å². The maximum atomic E-state index is 10.8. The van der Waals surface area contributed by atoms with E-state index in [-0.39, 0.29) is 215 Å². The van der Waals surface area contributed by atoms with Crippen LogP contribution in [0.2, 0.25) is 0 Å². The number of hydrogen-bond acceptors (Lipinski definition) is 10. The molecule has 18 heteroatoms. The molecule has 15 nitrogen and oxygen atoms in total. The molecule has 0 saturated carbocycles. The van der Waals surface area contributed by atoms with Gasteiger partial charge in [0.1, 0.15) is 0 Å². The van der Waals surface area contributed by atoms with Gasteiger partial charge in [0.05, 0.1) is 72.0 Å².